The molecule has 0 amide bonds. The third kappa shape index (κ3) is 3.93. The third-order valence-corrected chi connectivity index (χ3v) is 13.2. The molecule has 0 spiro atoms. The van der Waals surface area contributed by atoms with E-state index in [1.54, 1.807) is 0 Å². The predicted octanol–water partition coefficient (Wildman–Crippen LogP) is 5.30. The zero-order chi connectivity index (χ0) is 18.7. The van der Waals surface area contributed by atoms with E-state index in [9.17, 15) is 0 Å². The fraction of sp³-hybridized carbons (Fsp3) is 0.455. The number of ether oxygens (including phenoxy) is 1. The van der Waals surface area contributed by atoms with Crippen molar-refractivity contribution in [3.8, 4) is 5.75 Å². The van der Waals surface area contributed by atoms with Gasteiger partial charge in [-0.1, -0.05) is 100 Å². The first-order valence-electron chi connectivity index (χ1n) is 9.54. The first kappa shape index (κ1) is 20.0. The van der Waals surface area contributed by atoms with E-state index in [1.165, 1.54) is 33.8 Å². The smallest absolute Gasteiger partial charge is 0.118 e. The molecule has 0 radical (unpaired) electrons. The zero-order valence-electron chi connectivity index (χ0n) is 16.9. The molecular formula is C22H34OSi2. The molecule has 136 valence electrons. The molecule has 1 nitrogen and oxygen atoms in total. The van der Waals surface area contributed by atoms with Crippen molar-refractivity contribution in [1.29, 1.82) is 0 Å². The molecule has 0 saturated carbocycles. The Morgan fingerprint density at radius 1 is 1.04 bits per heavy atom. The summed E-state index contributed by atoms with van der Waals surface area (Å²) in [5.74, 6) is 1.19. The van der Waals surface area contributed by atoms with E-state index in [0.717, 1.165) is 0 Å². The second kappa shape index (κ2) is 7.92. The SMILES string of the molecule is C=CCOc1c([Si](C)(C)C)cc(C)cc1[Si](CC)(CC)C1C=CC=C1. The first-order chi connectivity index (χ1) is 11.8. The molecule has 25 heavy (non-hydrogen) atoms. The molecule has 0 aliphatic heterocycles. The second-order valence-corrected chi connectivity index (χ2v) is 18.2. The minimum absolute atomic E-state index is 0.574. The minimum atomic E-state index is -1.73. The molecule has 3 heteroatoms. The summed E-state index contributed by atoms with van der Waals surface area (Å²) < 4.78 is 6.37. The maximum Gasteiger partial charge on any atom is 0.118 e. The maximum absolute atomic E-state index is 6.37. The Balaban J connectivity index is 2.76. The van der Waals surface area contributed by atoms with E-state index in [2.05, 4.69) is 83.4 Å². The van der Waals surface area contributed by atoms with E-state index in [0.29, 0.717) is 12.1 Å². The first-order valence-corrected chi connectivity index (χ1v) is 15.5. The third-order valence-electron chi connectivity index (χ3n) is 5.57. The van der Waals surface area contributed by atoms with Gasteiger partial charge in [-0.05, 0) is 22.8 Å². The summed E-state index contributed by atoms with van der Waals surface area (Å²) in [6.45, 7) is 18.7. The summed E-state index contributed by atoms with van der Waals surface area (Å²) >= 11 is 0. The van der Waals surface area contributed by atoms with Crippen LogP contribution in [0.25, 0.3) is 0 Å². The van der Waals surface area contributed by atoms with Gasteiger partial charge in [-0.3, -0.25) is 0 Å². The van der Waals surface area contributed by atoms with E-state index >= 15 is 0 Å². The van der Waals surface area contributed by atoms with Crippen LogP contribution in [0.5, 0.6) is 5.75 Å². The highest BCUT2D eigenvalue weighted by Crippen LogP contribution is 2.37. The molecule has 0 saturated heterocycles. The Bertz CT molecular complexity index is 664. The Kier molecular flexibility index (Phi) is 6.33. The highest BCUT2D eigenvalue weighted by Gasteiger charge is 2.41. The van der Waals surface area contributed by atoms with Gasteiger partial charge in [0.2, 0.25) is 0 Å². The lowest BCUT2D eigenvalue weighted by molar-refractivity contribution is 0.368. The molecule has 0 heterocycles. The molecule has 1 aromatic rings. The predicted molar refractivity (Wildman–Crippen MR) is 118 cm³/mol. The molecule has 0 bridgehead atoms. The lowest BCUT2D eigenvalue weighted by Crippen LogP contribution is -2.53. The molecule has 0 aromatic heterocycles. The Hall–Kier alpha value is -1.33. The lowest BCUT2D eigenvalue weighted by atomic mass is 10.2. The summed E-state index contributed by atoms with van der Waals surface area (Å²) in [7, 11) is -3.24. The number of benzene rings is 1. The summed E-state index contributed by atoms with van der Waals surface area (Å²) in [4.78, 5) is 0. The number of hydrogen-bond acceptors (Lipinski definition) is 1. The summed E-state index contributed by atoms with van der Waals surface area (Å²) in [6.07, 6.45) is 11.1. The average molecular weight is 371 g/mol. The van der Waals surface area contributed by atoms with Crippen LogP contribution in [0.4, 0.5) is 0 Å². The second-order valence-electron chi connectivity index (χ2n) is 8.20. The molecule has 0 unspecified atom stereocenters. The van der Waals surface area contributed by atoms with Gasteiger partial charge in [0, 0.05) is 0 Å². The van der Waals surface area contributed by atoms with E-state index < -0.39 is 16.1 Å². The van der Waals surface area contributed by atoms with Crippen LogP contribution in [0.3, 0.4) is 0 Å². The van der Waals surface area contributed by atoms with E-state index in [4.69, 9.17) is 4.74 Å². The van der Waals surface area contributed by atoms with E-state index in [-0.39, 0.29) is 0 Å². The summed E-state index contributed by atoms with van der Waals surface area (Å²) in [5.41, 5.74) is 1.95. The largest absolute Gasteiger partial charge is 0.490 e. The van der Waals surface area contributed by atoms with Crippen LogP contribution in [0.15, 0.2) is 49.1 Å². The molecule has 0 N–H and O–H groups in total. The number of allylic oxidation sites excluding steroid dienone is 4. The molecule has 2 rings (SSSR count). The van der Waals surface area contributed by atoms with Crippen LogP contribution in [0.1, 0.15) is 19.4 Å². The fourth-order valence-electron chi connectivity index (χ4n) is 4.08. The summed E-state index contributed by atoms with van der Waals surface area (Å²) in [5, 5.41) is 2.99. The van der Waals surface area contributed by atoms with Gasteiger partial charge in [-0.15, -0.1) is 0 Å². The number of hydrogen-bond donors (Lipinski definition) is 0. The average Bonchev–Trinajstić information content (AvgIpc) is 3.09. The summed E-state index contributed by atoms with van der Waals surface area (Å²) in [6, 6.07) is 7.28. The van der Waals surface area contributed by atoms with Crippen molar-refractivity contribution >= 4 is 26.5 Å². The fourth-order valence-corrected chi connectivity index (χ4v) is 10.5. The van der Waals surface area contributed by atoms with Gasteiger partial charge in [-0.2, -0.15) is 0 Å². The topological polar surface area (TPSA) is 9.23 Å². The molecular weight excluding hydrogens is 336 g/mol. The molecule has 1 aromatic carbocycles. The van der Waals surface area contributed by atoms with Crippen molar-refractivity contribution in [3.05, 3.63) is 54.7 Å². The van der Waals surface area contributed by atoms with E-state index in [1.807, 2.05) is 6.08 Å². The van der Waals surface area contributed by atoms with Crippen molar-refractivity contribution in [3.63, 3.8) is 0 Å². The number of aryl methyl sites for hydroxylation is 1. The molecule has 0 atom stereocenters. The van der Waals surface area contributed by atoms with Crippen molar-refractivity contribution in [1.82, 2.24) is 0 Å². The number of rotatable bonds is 8. The van der Waals surface area contributed by atoms with Crippen molar-refractivity contribution in [2.75, 3.05) is 6.61 Å². The molecule has 1 aliphatic rings. The van der Waals surface area contributed by atoms with Crippen LogP contribution in [0, 0.1) is 6.92 Å². The van der Waals surface area contributed by atoms with Crippen LogP contribution >= 0.6 is 0 Å². The molecule has 1 aliphatic carbocycles. The van der Waals surface area contributed by atoms with Gasteiger partial charge in [0.05, 0.1) is 8.07 Å². The Morgan fingerprint density at radius 2 is 1.60 bits per heavy atom. The quantitative estimate of drug-likeness (QED) is 0.446. The van der Waals surface area contributed by atoms with Gasteiger partial charge >= 0.3 is 0 Å². The lowest BCUT2D eigenvalue weighted by Gasteiger charge is -2.37. The Labute approximate surface area is 156 Å². The molecule has 0 fully saturated rings. The standard InChI is InChI=1S/C22H34OSi2/c1-8-15-23-22-20(24(5,6)7)16-18(4)17-21(22)25(9-2,10-3)19-13-11-12-14-19/h8,11-14,16-17,19H,1,9-10,15H2,2-7H3. The Morgan fingerprint density at radius 3 is 2.08 bits per heavy atom. The van der Waals surface area contributed by atoms with Gasteiger partial charge in [0.25, 0.3) is 0 Å². The van der Waals surface area contributed by atoms with Crippen LogP contribution in [-0.2, 0) is 0 Å². The van der Waals surface area contributed by atoms with Gasteiger partial charge in [-0.25, -0.2) is 0 Å². The highest BCUT2D eigenvalue weighted by molar-refractivity contribution is 6.96. The van der Waals surface area contributed by atoms with Crippen molar-refractivity contribution in [2.45, 2.75) is 58.0 Å². The van der Waals surface area contributed by atoms with Gasteiger partial charge in [0.1, 0.15) is 20.4 Å². The normalized spacial score (nSPS) is 15.0. The maximum atomic E-state index is 6.37. The van der Waals surface area contributed by atoms with Crippen LogP contribution in [-0.4, -0.2) is 22.8 Å². The van der Waals surface area contributed by atoms with Crippen LogP contribution in [0.2, 0.25) is 37.3 Å². The zero-order valence-corrected chi connectivity index (χ0v) is 18.9. The minimum Gasteiger partial charge on any atom is -0.490 e. The monoisotopic (exact) mass is 370 g/mol. The van der Waals surface area contributed by atoms with Crippen LogP contribution < -0.4 is 15.1 Å². The van der Waals surface area contributed by atoms with Crippen molar-refractivity contribution < 1.29 is 4.74 Å². The van der Waals surface area contributed by atoms with Gasteiger partial charge in [0.15, 0.2) is 0 Å². The van der Waals surface area contributed by atoms with Crippen molar-refractivity contribution in [2.24, 2.45) is 0 Å². The highest BCUT2D eigenvalue weighted by atomic mass is 28.3. The van der Waals surface area contributed by atoms with Gasteiger partial charge < -0.3 is 4.74 Å².